The Bertz CT molecular complexity index is 589. The van der Waals surface area contributed by atoms with E-state index in [0.717, 1.165) is 19.9 Å². The van der Waals surface area contributed by atoms with Crippen LogP contribution in [0, 0.1) is 13.8 Å². The number of benzene rings is 1. The number of halogens is 1. The summed E-state index contributed by atoms with van der Waals surface area (Å²) in [5.41, 5.74) is 1.77. The Balaban J connectivity index is 2.14. The summed E-state index contributed by atoms with van der Waals surface area (Å²) in [6.45, 7) is 4.54. The van der Waals surface area contributed by atoms with Gasteiger partial charge in [0.1, 0.15) is 0 Å². The normalized spacial score (nSPS) is 10.5. The summed E-state index contributed by atoms with van der Waals surface area (Å²) in [5, 5.41) is 1.02. The minimum absolute atomic E-state index is 0.0236. The number of hydrogen-bond acceptors (Lipinski definition) is 3. The van der Waals surface area contributed by atoms with Gasteiger partial charge in [-0.15, -0.1) is 11.3 Å². The summed E-state index contributed by atoms with van der Waals surface area (Å²) >= 11 is 5.04. The molecule has 0 saturated carbocycles. The van der Waals surface area contributed by atoms with Crippen molar-refractivity contribution in [2.75, 3.05) is 7.05 Å². The number of aryl methyl sites for hydroxylation is 2. The van der Waals surface area contributed by atoms with E-state index >= 15 is 0 Å². The average molecular weight is 339 g/mol. The molecule has 0 aliphatic carbocycles. The van der Waals surface area contributed by atoms with Crippen LogP contribution in [0.1, 0.15) is 25.8 Å². The van der Waals surface area contributed by atoms with E-state index in [0.29, 0.717) is 12.1 Å². The van der Waals surface area contributed by atoms with Crippen LogP contribution in [0.3, 0.4) is 0 Å². The number of thiazole rings is 1. The van der Waals surface area contributed by atoms with Crippen LogP contribution in [0.2, 0.25) is 0 Å². The van der Waals surface area contributed by atoms with Gasteiger partial charge < -0.3 is 4.90 Å². The molecule has 0 fully saturated rings. The summed E-state index contributed by atoms with van der Waals surface area (Å²) in [6.07, 6.45) is 1.83. The van der Waals surface area contributed by atoms with Crippen molar-refractivity contribution in [2.24, 2.45) is 0 Å². The SMILES string of the molecule is Cc1cc(Br)cc(C(=O)N(C)Cc2cnc(C)s2)c1. The fourth-order valence-electron chi connectivity index (χ4n) is 1.86. The van der Waals surface area contributed by atoms with Crippen LogP contribution in [0.25, 0.3) is 0 Å². The zero-order valence-corrected chi connectivity index (χ0v) is 13.5. The Morgan fingerprint density at radius 1 is 1.37 bits per heavy atom. The van der Waals surface area contributed by atoms with E-state index in [-0.39, 0.29) is 5.91 Å². The Hall–Kier alpha value is -1.20. The predicted molar refractivity (Wildman–Crippen MR) is 81.5 cm³/mol. The molecule has 0 spiro atoms. The largest absolute Gasteiger partial charge is 0.337 e. The third-order valence-corrected chi connectivity index (χ3v) is 4.05. The highest BCUT2D eigenvalue weighted by Gasteiger charge is 2.14. The zero-order chi connectivity index (χ0) is 14.0. The Morgan fingerprint density at radius 3 is 2.68 bits per heavy atom. The number of rotatable bonds is 3. The van der Waals surface area contributed by atoms with E-state index in [1.807, 2.05) is 45.3 Å². The fourth-order valence-corrected chi connectivity index (χ4v) is 3.32. The monoisotopic (exact) mass is 338 g/mol. The number of hydrogen-bond donors (Lipinski definition) is 0. The quantitative estimate of drug-likeness (QED) is 0.852. The number of aromatic nitrogens is 1. The average Bonchev–Trinajstić information content (AvgIpc) is 2.72. The van der Waals surface area contributed by atoms with Gasteiger partial charge in [0.15, 0.2) is 0 Å². The summed E-state index contributed by atoms with van der Waals surface area (Å²) in [6, 6.07) is 5.74. The van der Waals surface area contributed by atoms with E-state index in [1.165, 1.54) is 0 Å². The smallest absolute Gasteiger partial charge is 0.253 e. The second kappa shape index (κ2) is 5.84. The van der Waals surface area contributed by atoms with Gasteiger partial charge in [-0.25, -0.2) is 4.98 Å². The molecule has 1 aromatic heterocycles. The second-order valence-electron chi connectivity index (χ2n) is 4.52. The first-order valence-corrected chi connectivity index (χ1v) is 7.50. The summed E-state index contributed by atoms with van der Waals surface area (Å²) in [7, 11) is 1.81. The lowest BCUT2D eigenvalue weighted by molar-refractivity contribution is 0.0786. The van der Waals surface area contributed by atoms with Gasteiger partial charge in [0.2, 0.25) is 0 Å². The highest BCUT2D eigenvalue weighted by molar-refractivity contribution is 9.10. The lowest BCUT2D eigenvalue weighted by Crippen LogP contribution is -2.25. The van der Waals surface area contributed by atoms with Gasteiger partial charge in [0.05, 0.1) is 11.6 Å². The minimum Gasteiger partial charge on any atom is -0.337 e. The molecule has 0 aliphatic rings. The molecule has 1 aromatic carbocycles. The van der Waals surface area contributed by atoms with Crippen molar-refractivity contribution in [2.45, 2.75) is 20.4 Å². The Morgan fingerprint density at radius 2 is 2.11 bits per heavy atom. The van der Waals surface area contributed by atoms with Crippen molar-refractivity contribution in [1.82, 2.24) is 9.88 Å². The summed E-state index contributed by atoms with van der Waals surface area (Å²) in [5.74, 6) is 0.0236. The molecule has 1 amide bonds. The van der Waals surface area contributed by atoms with Crippen molar-refractivity contribution in [3.05, 3.63) is 49.9 Å². The third-order valence-electron chi connectivity index (χ3n) is 2.70. The molecule has 0 bridgehead atoms. The minimum atomic E-state index is 0.0236. The molecule has 100 valence electrons. The Labute approximate surface area is 125 Å². The van der Waals surface area contributed by atoms with Gasteiger partial charge in [0, 0.05) is 28.2 Å². The molecule has 0 aliphatic heterocycles. The van der Waals surface area contributed by atoms with Crippen LogP contribution in [0.4, 0.5) is 0 Å². The molecule has 3 nitrogen and oxygen atoms in total. The van der Waals surface area contributed by atoms with Gasteiger partial charge in [-0.05, 0) is 37.6 Å². The topological polar surface area (TPSA) is 33.2 Å². The van der Waals surface area contributed by atoms with Crippen molar-refractivity contribution in [1.29, 1.82) is 0 Å². The molecule has 19 heavy (non-hydrogen) atoms. The van der Waals surface area contributed by atoms with E-state index < -0.39 is 0 Å². The molecular formula is C14H15BrN2OS. The standard InChI is InChI=1S/C14H15BrN2OS/c1-9-4-11(6-12(15)5-9)14(18)17(3)8-13-7-16-10(2)19-13/h4-7H,8H2,1-3H3. The van der Waals surface area contributed by atoms with Crippen LogP contribution in [0.15, 0.2) is 28.9 Å². The van der Waals surface area contributed by atoms with E-state index in [1.54, 1.807) is 16.2 Å². The molecule has 0 unspecified atom stereocenters. The van der Waals surface area contributed by atoms with Crippen molar-refractivity contribution in [3.63, 3.8) is 0 Å². The lowest BCUT2D eigenvalue weighted by Gasteiger charge is -2.16. The van der Waals surface area contributed by atoms with Crippen LogP contribution >= 0.6 is 27.3 Å². The van der Waals surface area contributed by atoms with Crippen LogP contribution < -0.4 is 0 Å². The van der Waals surface area contributed by atoms with Gasteiger partial charge >= 0.3 is 0 Å². The van der Waals surface area contributed by atoms with Crippen LogP contribution in [-0.2, 0) is 6.54 Å². The first-order valence-electron chi connectivity index (χ1n) is 5.89. The molecule has 0 radical (unpaired) electrons. The number of carbonyl (C=O) groups is 1. The van der Waals surface area contributed by atoms with Crippen molar-refractivity contribution < 1.29 is 4.79 Å². The lowest BCUT2D eigenvalue weighted by atomic mass is 10.1. The van der Waals surface area contributed by atoms with E-state index in [9.17, 15) is 4.79 Å². The van der Waals surface area contributed by atoms with E-state index in [4.69, 9.17) is 0 Å². The van der Waals surface area contributed by atoms with Crippen molar-refractivity contribution in [3.8, 4) is 0 Å². The number of carbonyl (C=O) groups excluding carboxylic acids is 1. The van der Waals surface area contributed by atoms with Crippen molar-refractivity contribution >= 4 is 33.2 Å². The predicted octanol–water partition coefficient (Wildman–Crippen LogP) is 3.79. The maximum Gasteiger partial charge on any atom is 0.253 e. The molecule has 1 heterocycles. The second-order valence-corrected chi connectivity index (χ2v) is 6.76. The molecule has 5 heteroatoms. The van der Waals surface area contributed by atoms with Crippen LogP contribution in [0.5, 0.6) is 0 Å². The zero-order valence-electron chi connectivity index (χ0n) is 11.1. The van der Waals surface area contributed by atoms with Gasteiger partial charge in [-0.1, -0.05) is 15.9 Å². The molecule has 0 atom stereocenters. The van der Waals surface area contributed by atoms with Gasteiger partial charge in [0.25, 0.3) is 5.91 Å². The molecule has 2 aromatic rings. The first-order chi connectivity index (χ1) is 8.95. The number of nitrogens with zero attached hydrogens (tertiary/aromatic N) is 2. The summed E-state index contributed by atoms with van der Waals surface area (Å²) < 4.78 is 0.929. The Kier molecular flexibility index (Phi) is 4.37. The molecule has 2 rings (SSSR count). The third kappa shape index (κ3) is 3.64. The maximum absolute atomic E-state index is 12.3. The highest BCUT2D eigenvalue weighted by Crippen LogP contribution is 2.18. The molecule has 0 N–H and O–H groups in total. The van der Waals surface area contributed by atoms with E-state index in [2.05, 4.69) is 20.9 Å². The molecule has 0 saturated heterocycles. The fraction of sp³-hybridized carbons (Fsp3) is 0.286. The van der Waals surface area contributed by atoms with Gasteiger partial charge in [-0.2, -0.15) is 0 Å². The highest BCUT2D eigenvalue weighted by atomic mass is 79.9. The summed E-state index contributed by atoms with van der Waals surface area (Å²) in [4.78, 5) is 19.4. The number of amides is 1. The molecular weight excluding hydrogens is 324 g/mol. The maximum atomic E-state index is 12.3. The van der Waals surface area contributed by atoms with Gasteiger partial charge in [-0.3, -0.25) is 4.79 Å². The first kappa shape index (κ1) is 14.2. The van der Waals surface area contributed by atoms with Crippen LogP contribution in [-0.4, -0.2) is 22.8 Å².